The molecule has 1 aromatic carbocycles. The van der Waals surface area contributed by atoms with Crippen molar-refractivity contribution in [2.24, 2.45) is 0 Å². The molecule has 0 amide bonds. The molecule has 3 rings (SSSR count). The standard InChI is InChI=1S/C17H13NO3S2/c1-22-12-6-4-11(5-7-12)9-15-17(20)18-16(23-15)10-13(19)14-3-2-8-21-14/h2-10H,1H3,(H,18,20)/b15-9-,16-10-. The molecule has 116 valence electrons. The van der Waals surface area contributed by atoms with Crippen molar-refractivity contribution in [3.63, 3.8) is 0 Å². The van der Waals surface area contributed by atoms with Crippen molar-refractivity contribution >= 4 is 41.0 Å². The molecule has 2 heterocycles. The maximum atomic E-state index is 12.0. The number of nitrogens with one attached hydrogen (secondary N) is 1. The predicted molar refractivity (Wildman–Crippen MR) is 93.5 cm³/mol. The number of carbonyl (C=O) groups excluding carboxylic acids is 1. The summed E-state index contributed by atoms with van der Waals surface area (Å²) in [5.41, 5.74) is 0.737. The van der Waals surface area contributed by atoms with Gasteiger partial charge >= 0.3 is 0 Å². The van der Waals surface area contributed by atoms with Crippen molar-refractivity contribution in [2.75, 3.05) is 6.26 Å². The van der Waals surface area contributed by atoms with Crippen LogP contribution < -0.4 is 14.8 Å². The lowest BCUT2D eigenvalue weighted by Crippen LogP contribution is -2.19. The van der Waals surface area contributed by atoms with Crippen LogP contribution in [0.4, 0.5) is 0 Å². The van der Waals surface area contributed by atoms with Crippen LogP contribution in [0.3, 0.4) is 0 Å². The number of benzene rings is 1. The molecule has 3 aromatic rings. The maximum Gasteiger partial charge on any atom is 0.266 e. The monoisotopic (exact) mass is 343 g/mol. The van der Waals surface area contributed by atoms with Crippen LogP contribution in [-0.2, 0) is 0 Å². The third-order valence-corrected chi connectivity index (χ3v) is 4.83. The van der Waals surface area contributed by atoms with E-state index in [0.717, 1.165) is 5.56 Å². The number of aromatic amines is 1. The molecule has 0 unspecified atom stereocenters. The lowest BCUT2D eigenvalue weighted by molar-refractivity contribution is 0.103. The van der Waals surface area contributed by atoms with Gasteiger partial charge in [0.05, 0.1) is 15.5 Å². The average molecular weight is 343 g/mol. The van der Waals surface area contributed by atoms with Gasteiger partial charge in [-0.05, 0) is 42.2 Å². The highest BCUT2D eigenvalue weighted by molar-refractivity contribution is 7.98. The average Bonchev–Trinajstić information content (AvgIpc) is 3.19. The SMILES string of the molecule is CSc1ccc(/C=c2\s/c(=C\C(=O)c3ccco3)[nH]c2=O)cc1. The molecule has 6 heteroatoms. The highest BCUT2D eigenvalue weighted by atomic mass is 32.2. The molecule has 0 saturated heterocycles. The lowest BCUT2D eigenvalue weighted by Gasteiger charge is -1.95. The van der Waals surface area contributed by atoms with Crippen molar-refractivity contribution in [3.8, 4) is 0 Å². The van der Waals surface area contributed by atoms with Crippen molar-refractivity contribution in [1.82, 2.24) is 4.98 Å². The van der Waals surface area contributed by atoms with E-state index in [1.807, 2.05) is 36.6 Å². The number of aromatic nitrogens is 1. The first-order valence-corrected chi connectivity index (χ1v) is 8.84. The second-order valence-electron chi connectivity index (χ2n) is 4.69. The third kappa shape index (κ3) is 3.72. The minimum absolute atomic E-state index is 0.206. The van der Waals surface area contributed by atoms with Gasteiger partial charge in [0.2, 0.25) is 5.78 Å². The van der Waals surface area contributed by atoms with E-state index >= 15 is 0 Å². The van der Waals surface area contributed by atoms with E-state index in [4.69, 9.17) is 4.42 Å². The molecular weight excluding hydrogens is 330 g/mol. The van der Waals surface area contributed by atoms with E-state index in [2.05, 4.69) is 4.98 Å². The first-order valence-electron chi connectivity index (χ1n) is 6.80. The summed E-state index contributed by atoms with van der Waals surface area (Å²) in [5.74, 6) is -0.0270. The Morgan fingerprint density at radius 3 is 2.70 bits per heavy atom. The van der Waals surface area contributed by atoms with Crippen LogP contribution in [0.25, 0.3) is 12.2 Å². The van der Waals surface area contributed by atoms with Gasteiger partial charge in [-0.25, -0.2) is 0 Å². The van der Waals surface area contributed by atoms with Gasteiger partial charge < -0.3 is 9.40 Å². The molecule has 0 aliphatic carbocycles. The molecule has 0 saturated carbocycles. The Morgan fingerprint density at radius 2 is 2.04 bits per heavy atom. The van der Waals surface area contributed by atoms with Gasteiger partial charge in [-0.3, -0.25) is 9.59 Å². The van der Waals surface area contributed by atoms with Crippen LogP contribution in [0.2, 0.25) is 0 Å². The van der Waals surface area contributed by atoms with E-state index in [0.29, 0.717) is 9.20 Å². The highest BCUT2D eigenvalue weighted by Crippen LogP contribution is 2.14. The molecule has 0 spiro atoms. The quantitative estimate of drug-likeness (QED) is 0.583. The summed E-state index contributed by atoms with van der Waals surface area (Å²) >= 11 is 2.91. The maximum absolute atomic E-state index is 12.0. The molecule has 0 bridgehead atoms. The van der Waals surface area contributed by atoms with Gasteiger partial charge in [-0.15, -0.1) is 23.1 Å². The summed E-state index contributed by atoms with van der Waals surface area (Å²) in [5, 5.41) is 0. The van der Waals surface area contributed by atoms with E-state index in [-0.39, 0.29) is 17.1 Å². The van der Waals surface area contributed by atoms with Crippen molar-refractivity contribution in [1.29, 1.82) is 0 Å². The normalized spacial score (nSPS) is 12.7. The fraction of sp³-hybridized carbons (Fsp3) is 0.0588. The van der Waals surface area contributed by atoms with Crippen LogP contribution in [0, 0.1) is 0 Å². The van der Waals surface area contributed by atoms with Gasteiger partial charge in [0.1, 0.15) is 0 Å². The van der Waals surface area contributed by atoms with Gasteiger partial charge in [0.25, 0.3) is 5.56 Å². The molecule has 23 heavy (non-hydrogen) atoms. The first-order chi connectivity index (χ1) is 11.2. The fourth-order valence-corrected chi connectivity index (χ4v) is 3.28. The second-order valence-corrected chi connectivity index (χ2v) is 6.65. The number of furan rings is 1. The minimum Gasteiger partial charge on any atom is -0.461 e. The summed E-state index contributed by atoms with van der Waals surface area (Å²) in [6.45, 7) is 0. The number of H-pyrrole nitrogens is 1. The number of carbonyl (C=O) groups is 1. The number of hydrogen-bond donors (Lipinski definition) is 1. The van der Waals surface area contributed by atoms with Gasteiger partial charge in [-0.1, -0.05) is 12.1 Å². The molecule has 0 atom stereocenters. The van der Waals surface area contributed by atoms with Crippen LogP contribution in [0.15, 0.2) is 56.8 Å². The van der Waals surface area contributed by atoms with Crippen molar-refractivity contribution < 1.29 is 9.21 Å². The molecular formula is C17H13NO3S2. The van der Waals surface area contributed by atoms with E-state index in [1.165, 1.54) is 28.6 Å². The van der Waals surface area contributed by atoms with Crippen LogP contribution in [0.5, 0.6) is 0 Å². The Balaban J connectivity index is 1.95. The summed E-state index contributed by atoms with van der Waals surface area (Å²) in [7, 11) is 0. The summed E-state index contributed by atoms with van der Waals surface area (Å²) in [6, 6.07) is 11.2. The zero-order valence-electron chi connectivity index (χ0n) is 12.2. The van der Waals surface area contributed by atoms with E-state index in [1.54, 1.807) is 23.9 Å². The zero-order chi connectivity index (χ0) is 16.2. The minimum atomic E-state index is -0.275. The Kier molecular flexibility index (Phi) is 4.64. The van der Waals surface area contributed by atoms with E-state index < -0.39 is 0 Å². The zero-order valence-corrected chi connectivity index (χ0v) is 13.9. The molecule has 0 aliphatic heterocycles. The Morgan fingerprint density at radius 1 is 1.26 bits per heavy atom. The van der Waals surface area contributed by atoms with Crippen LogP contribution >= 0.6 is 23.1 Å². The Labute approximate surface area is 140 Å². The number of thioether (sulfide) groups is 1. The summed E-state index contributed by atoms with van der Waals surface area (Å²) < 4.78 is 6.10. The predicted octanol–water partition coefficient (Wildman–Crippen LogP) is 2.24. The molecule has 1 N–H and O–H groups in total. The second kappa shape index (κ2) is 6.85. The largest absolute Gasteiger partial charge is 0.461 e. The lowest BCUT2D eigenvalue weighted by atomic mass is 10.2. The van der Waals surface area contributed by atoms with E-state index in [9.17, 15) is 9.59 Å². The van der Waals surface area contributed by atoms with Crippen molar-refractivity contribution in [2.45, 2.75) is 4.90 Å². The fourth-order valence-electron chi connectivity index (χ4n) is 1.98. The number of Topliss-reactive ketones (excluding diaryl/α,β-unsaturated/α-hetero) is 1. The first kappa shape index (κ1) is 15.6. The third-order valence-electron chi connectivity index (χ3n) is 3.12. The molecule has 0 fully saturated rings. The van der Waals surface area contributed by atoms with Crippen LogP contribution in [-0.4, -0.2) is 17.0 Å². The summed E-state index contributed by atoms with van der Waals surface area (Å²) in [6.07, 6.45) is 6.64. The Hall–Kier alpha value is -2.31. The van der Waals surface area contributed by atoms with Gasteiger partial charge in [0.15, 0.2) is 5.76 Å². The number of ketones is 1. The number of thiazole rings is 1. The van der Waals surface area contributed by atoms with Crippen molar-refractivity contribution in [3.05, 3.63) is 73.5 Å². The smallest absolute Gasteiger partial charge is 0.266 e. The van der Waals surface area contributed by atoms with Crippen LogP contribution in [0.1, 0.15) is 16.1 Å². The molecule has 0 radical (unpaired) electrons. The molecule has 0 aliphatic rings. The van der Waals surface area contributed by atoms with Gasteiger partial charge in [0, 0.05) is 11.0 Å². The summed E-state index contributed by atoms with van der Waals surface area (Å²) in [4.78, 5) is 27.8. The number of rotatable bonds is 4. The highest BCUT2D eigenvalue weighted by Gasteiger charge is 2.05. The number of hydrogen-bond acceptors (Lipinski definition) is 5. The molecule has 4 nitrogen and oxygen atoms in total. The molecule has 2 aromatic heterocycles. The Bertz CT molecular complexity index is 980. The van der Waals surface area contributed by atoms with Gasteiger partial charge in [-0.2, -0.15) is 0 Å². The topological polar surface area (TPSA) is 63.1 Å².